The molecule has 78 valence electrons. The summed E-state index contributed by atoms with van der Waals surface area (Å²) in [5.74, 6) is 0. The lowest BCUT2D eigenvalue weighted by Crippen LogP contribution is -1.93. The van der Waals surface area contributed by atoms with Gasteiger partial charge >= 0.3 is 0 Å². The predicted molar refractivity (Wildman–Crippen MR) is 61.4 cm³/mol. The number of nitrogens with zero attached hydrogens (tertiary/aromatic N) is 1. The highest BCUT2D eigenvalue weighted by Crippen LogP contribution is 2.17. The maximum Gasteiger partial charge on any atom is 0.0435 e. The Bertz CT molecular complexity index is 255. The molecule has 0 aromatic carbocycles. The lowest BCUT2D eigenvalue weighted by Gasteiger charge is -2.05. The second kappa shape index (κ2) is 4.59. The van der Waals surface area contributed by atoms with Crippen molar-refractivity contribution in [1.82, 2.24) is 4.98 Å². The van der Waals surface area contributed by atoms with Gasteiger partial charge in [0.05, 0.1) is 0 Å². The molecular formula is C13H21N. The van der Waals surface area contributed by atoms with E-state index in [9.17, 15) is 0 Å². The van der Waals surface area contributed by atoms with Crippen molar-refractivity contribution < 1.29 is 0 Å². The maximum absolute atomic E-state index is 4.26. The molecular weight excluding hydrogens is 170 g/mol. The Kier molecular flexibility index (Phi) is 3.68. The Balaban J connectivity index is 0.000000171. The monoisotopic (exact) mass is 191 g/mol. The van der Waals surface area contributed by atoms with Crippen LogP contribution in [0.3, 0.4) is 0 Å². The van der Waals surface area contributed by atoms with Gasteiger partial charge in [0.2, 0.25) is 0 Å². The van der Waals surface area contributed by atoms with Crippen LogP contribution in [0.2, 0.25) is 0 Å². The summed E-state index contributed by atoms with van der Waals surface area (Å²) in [6, 6.07) is 4.19. The summed E-state index contributed by atoms with van der Waals surface area (Å²) in [7, 11) is 0. The Morgan fingerprint density at radius 2 is 1.79 bits per heavy atom. The van der Waals surface area contributed by atoms with E-state index in [-0.39, 0.29) is 0 Å². The topological polar surface area (TPSA) is 12.9 Å². The van der Waals surface area contributed by atoms with Gasteiger partial charge < -0.3 is 0 Å². The predicted octanol–water partition coefficient (Wildman–Crippen LogP) is 3.62. The minimum absolute atomic E-state index is 0.500. The number of fused-ring (bicyclic) bond motifs is 1. The molecule has 0 amide bonds. The molecule has 1 aromatic heterocycles. The molecule has 0 unspecified atom stereocenters. The minimum Gasteiger partial charge on any atom is -0.261 e. The second-order valence-electron chi connectivity index (χ2n) is 5.46. The number of hydrogen-bond donors (Lipinski definition) is 0. The summed E-state index contributed by atoms with van der Waals surface area (Å²) >= 11 is 0. The summed E-state index contributed by atoms with van der Waals surface area (Å²) in [4.78, 5) is 4.26. The van der Waals surface area contributed by atoms with Gasteiger partial charge in [-0.15, -0.1) is 0 Å². The number of hydrogen-bond acceptors (Lipinski definition) is 1. The molecule has 1 nitrogen and oxygen atoms in total. The summed E-state index contributed by atoms with van der Waals surface area (Å²) in [5.41, 5.74) is 3.27. The van der Waals surface area contributed by atoms with Crippen LogP contribution in [0.1, 0.15) is 45.4 Å². The molecule has 2 rings (SSSR count). The van der Waals surface area contributed by atoms with Crippen molar-refractivity contribution in [2.75, 3.05) is 0 Å². The molecule has 0 aliphatic heterocycles. The molecule has 1 heteroatoms. The fourth-order valence-electron chi connectivity index (χ4n) is 1.37. The first-order valence-corrected chi connectivity index (χ1v) is 5.39. The van der Waals surface area contributed by atoms with Gasteiger partial charge in [-0.2, -0.15) is 0 Å². The lowest BCUT2D eigenvalue weighted by molar-refractivity contribution is 0.469. The van der Waals surface area contributed by atoms with E-state index < -0.39 is 0 Å². The summed E-state index contributed by atoms with van der Waals surface area (Å²) in [6.45, 7) is 8.75. The van der Waals surface area contributed by atoms with Gasteiger partial charge in [0.1, 0.15) is 0 Å². The average molecular weight is 191 g/mol. The normalized spacial score (nSPS) is 14.3. The molecule has 0 fully saturated rings. The van der Waals surface area contributed by atoms with Crippen LogP contribution in [-0.2, 0) is 12.8 Å². The number of aromatic nitrogens is 1. The molecule has 0 saturated carbocycles. The van der Waals surface area contributed by atoms with E-state index in [1.54, 1.807) is 0 Å². The molecule has 0 bridgehead atoms. The molecule has 0 atom stereocenters. The van der Waals surface area contributed by atoms with Crippen molar-refractivity contribution in [3.63, 3.8) is 0 Å². The Morgan fingerprint density at radius 3 is 2.36 bits per heavy atom. The SMILES string of the molecule is CC(C)(C)C.c1cnc2c(c1)CCC2. The molecule has 1 aliphatic carbocycles. The van der Waals surface area contributed by atoms with Gasteiger partial charge in [-0.25, -0.2) is 0 Å². The van der Waals surface area contributed by atoms with E-state index in [4.69, 9.17) is 0 Å². The average Bonchev–Trinajstić information content (AvgIpc) is 2.47. The Morgan fingerprint density at radius 1 is 1.14 bits per heavy atom. The van der Waals surface area contributed by atoms with E-state index in [1.165, 1.54) is 30.5 Å². The zero-order chi connectivity index (χ0) is 10.6. The van der Waals surface area contributed by atoms with Gasteiger partial charge in [0.15, 0.2) is 0 Å². The Hall–Kier alpha value is -0.850. The van der Waals surface area contributed by atoms with E-state index >= 15 is 0 Å². The van der Waals surface area contributed by atoms with Crippen molar-refractivity contribution in [1.29, 1.82) is 0 Å². The standard InChI is InChI=1S/C8H9N.C5H12/c1-3-7-4-2-6-9-8(7)5-1;1-5(2,3)4/h2,4,6H,1,3,5H2;1-4H3. The van der Waals surface area contributed by atoms with Crippen LogP contribution in [-0.4, -0.2) is 4.98 Å². The number of aryl methyl sites for hydroxylation is 2. The highest BCUT2D eigenvalue weighted by Gasteiger charge is 2.08. The molecule has 0 saturated heterocycles. The molecule has 1 aromatic rings. The highest BCUT2D eigenvalue weighted by molar-refractivity contribution is 5.23. The Labute approximate surface area is 87.6 Å². The van der Waals surface area contributed by atoms with Crippen molar-refractivity contribution in [2.45, 2.75) is 47.0 Å². The van der Waals surface area contributed by atoms with E-state index in [2.05, 4.69) is 38.7 Å². The summed E-state index contributed by atoms with van der Waals surface area (Å²) in [5, 5.41) is 0. The van der Waals surface area contributed by atoms with E-state index in [1.807, 2.05) is 12.3 Å². The van der Waals surface area contributed by atoms with Crippen LogP contribution in [0.5, 0.6) is 0 Å². The van der Waals surface area contributed by atoms with Gasteiger partial charge in [0.25, 0.3) is 0 Å². The zero-order valence-corrected chi connectivity index (χ0v) is 9.80. The molecule has 0 radical (unpaired) electrons. The van der Waals surface area contributed by atoms with Gasteiger partial charge in [-0.1, -0.05) is 33.8 Å². The first-order chi connectivity index (χ1) is 6.47. The third kappa shape index (κ3) is 4.40. The van der Waals surface area contributed by atoms with Crippen LogP contribution in [0, 0.1) is 5.41 Å². The highest BCUT2D eigenvalue weighted by atomic mass is 14.7. The largest absolute Gasteiger partial charge is 0.261 e. The maximum atomic E-state index is 4.26. The summed E-state index contributed by atoms with van der Waals surface area (Å²) < 4.78 is 0. The van der Waals surface area contributed by atoms with Crippen LogP contribution >= 0.6 is 0 Å². The third-order valence-corrected chi connectivity index (χ3v) is 1.84. The molecule has 14 heavy (non-hydrogen) atoms. The van der Waals surface area contributed by atoms with Crippen LogP contribution in [0.4, 0.5) is 0 Å². The van der Waals surface area contributed by atoms with Gasteiger partial charge in [-0.3, -0.25) is 4.98 Å². The second-order valence-corrected chi connectivity index (χ2v) is 5.46. The fourth-order valence-corrected chi connectivity index (χ4v) is 1.37. The van der Waals surface area contributed by atoms with Crippen molar-refractivity contribution in [3.05, 3.63) is 29.6 Å². The van der Waals surface area contributed by atoms with Crippen LogP contribution < -0.4 is 0 Å². The lowest BCUT2D eigenvalue weighted by atomic mass is 10.0. The van der Waals surface area contributed by atoms with E-state index in [0.29, 0.717) is 5.41 Å². The first kappa shape index (κ1) is 11.2. The number of pyridine rings is 1. The summed E-state index contributed by atoms with van der Waals surface area (Å²) in [6.07, 6.45) is 5.61. The van der Waals surface area contributed by atoms with Gasteiger partial charge in [0, 0.05) is 11.9 Å². The molecule has 0 spiro atoms. The van der Waals surface area contributed by atoms with Crippen molar-refractivity contribution in [2.24, 2.45) is 5.41 Å². The molecule has 1 aliphatic rings. The molecule has 0 N–H and O–H groups in total. The van der Waals surface area contributed by atoms with E-state index in [0.717, 1.165) is 0 Å². The minimum atomic E-state index is 0.500. The van der Waals surface area contributed by atoms with Crippen LogP contribution in [0.25, 0.3) is 0 Å². The fraction of sp³-hybridized carbons (Fsp3) is 0.615. The van der Waals surface area contributed by atoms with Gasteiger partial charge in [-0.05, 0) is 36.3 Å². The van der Waals surface area contributed by atoms with Crippen molar-refractivity contribution >= 4 is 0 Å². The quantitative estimate of drug-likeness (QED) is 0.610. The van der Waals surface area contributed by atoms with Crippen LogP contribution in [0.15, 0.2) is 18.3 Å². The first-order valence-electron chi connectivity index (χ1n) is 5.39. The third-order valence-electron chi connectivity index (χ3n) is 1.84. The number of rotatable bonds is 0. The molecule has 1 heterocycles. The zero-order valence-electron chi connectivity index (χ0n) is 9.80. The van der Waals surface area contributed by atoms with Crippen molar-refractivity contribution in [3.8, 4) is 0 Å². The smallest absolute Gasteiger partial charge is 0.0435 e.